The molecule has 16 heavy (non-hydrogen) atoms. The number of aryl methyl sites for hydroxylation is 1. The first-order valence-corrected chi connectivity index (χ1v) is 5.96. The van der Waals surface area contributed by atoms with E-state index in [1.54, 1.807) is 19.1 Å². The Kier molecular flexibility index (Phi) is 3.51. The third-order valence-electron chi connectivity index (χ3n) is 1.95. The Morgan fingerprint density at radius 3 is 2.56 bits per heavy atom. The molecule has 88 valence electrons. The van der Waals surface area contributed by atoms with Crippen LogP contribution in [0.2, 0.25) is 0 Å². The Balaban J connectivity index is 3.12. The molecule has 0 unspecified atom stereocenters. The van der Waals surface area contributed by atoms with E-state index in [2.05, 4.69) is 4.72 Å². The number of primary amides is 1. The summed E-state index contributed by atoms with van der Waals surface area (Å²) in [7, 11) is -3.79. The summed E-state index contributed by atoms with van der Waals surface area (Å²) in [5.74, 6) is -0.754. The van der Waals surface area contributed by atoms with Gasteiger partial charge >= 0.3 is 0 Å². The van der Waals surface area contributed by atoms with Crippen molar-refractivity contribution in [2.75, 3.05) is 12.3 Å². The molecule has 0 aromatic heterocycles. The molecule has 1 aromatic carbocycles. The summed E-state index contributed by atoms with van der Waals surface area (Å²) >= 11 is 0. The van der Waals surface area contributed by atoms with Gasteiger partial charge in [0.2, 0.25) is 15.9 Å². The second kappa shape index (κ2) is 4.50. The molecule has 0 fully saturated rings. The van der Waals surface area contributed by atoms with Gasteiger partial charge in [-0.2, -0.15) is 0 Å². The zero-order valence-electron chi connectivity index (χ0n) is 8.73. The number of hydrogen-bond acceptors (Lipinski definition) is 4. The van der Waals surface area contributed by atoms with Gasteiger partial charge in [0.1, 0.15) is 4.90 Å². The molecule has 1 amide bonds. The molecule has 0 aliphatic rings. The van der Waals surface area contributed by atoms with E-state index >= 15 is 0 Å². The number of carbonyl (C=O) groups excluding carboxylic acids is 1. The van der Waals surface area contributed by atoms with Gasteiger partial charge in [0.05, 0.1) is 12.2 Å². The smallest absolute Gasteiger partial charge is 0.243 e. The van der Waals surface area contributed by atoms with E-state index in [-0.39, 0.29) is 10.6 Å². The Morgan fingerprint density at radius 1 is 1.44 bits per heavy atom. The Morgan fingerprint density at radius 2 is 2.06 bits per heavy atom. The second-order valence-electron chi connectivity index (χ2n) is 3.28. The molecule has 1 aromatic rings. The normalized spacial score (nSPS) is 11.3. The van der Waals surface area contributed by atoms with Gasteiger partial charge in [0, 0.05) is 0 Å². The van der Waals surface area contributed by atoms with Crippen LogP contribution >= 0.6 is 0 Å². The van der Waals surface area contributed by atoms with Gasteiger partial charge in [0.25, 0.3) is 0 Å². The van der Waals surface area contributed by atoms with Gasteiger partial charge in [0.15, 0.2) is 0 Å². The molecule has 0 radical (unpaired) electrons. The maximum Gasteiger partial charge on any atom is 0.243 e. The minimum Gasteiger partial charge on any atom is -0.398 e. The van der Waals surface area contributed by atoms with E-state index in [9.17, 15) is 13.2 Å². The van der Waals surface area contributed by atoms with E-state index in [1.807, 2.05) is 0 Å². The first kappa shape index (κ1) is 12.5. The lowest BCUT2D eigenvalue weighted by atomic mass is 10.2. The van der Waals surface area contributed by atoms with E-state index in [4.69, 9.17) is 11.5 Å². The van der Waals surface area contributed by atoms with E-state index < -0.39 is 22.5 Å². The molecular formula is C9H13N3O3S. The fraction of sp³-hybridized carbons (Fsp3) is 0.222. The fourth-order valence-corrected chi connectivity index (χ4v) is 2.63. The lowest BCUT2D eigenvalue weighted by Gasteiger charge is -2.10. The van der Waals surface area contributed by atoms with Crippen LogP contribution in [-0.2, 0) is 14.8 Å². The fourth-order valence-electron chi connectivity index (χ4n) is 1.28. The van der Waals surface area contributed by atoms with Crippen LogP contribution in [0.5, 0.6) is 0 Å². The number of anilines is 1. The molecule has 0 saturated heterocycles. The summed E-state index contributed by atoms with van der Waals surface area (Å²) in [5, 5.41) is 0. The summed E-state index contributed by atoms with van der Waals surface area (Å²) in [4.78, 5) is 10.5. The minimum atomic E-state index is -3.79. The largest absolute Gasteiger partial charge is 0.398 e. The van der Waals surface area contributed by atoms with Crippen molar-refractivity contribution in [3.63, 3.8) is 0 Å². The van der Waals surface area contributed by atoms with Crippen molar-refractivity contribution >= 4 is 21.6 Å². The summed E-state index contributed by atoms with van der Waals surface area (Å²) in [6.45, 7) is 1.17. The Hall–Kier alpha value is -1.60. The Labute approximate surface area is 93.7 Å². The van der Waals surface area contributed by atoms with Gasteiger partial charge in [-0.25, -0.2) is 13.1 Å². The highest BCUT2D eigenvalue weighted by molar-refractivity contribution is 7.89. The molecule has 0 atom stereocenters. The van der Waals surface area contributed by atoms with Crippen molar-refractivity contribution in [1.82, 2.24) is 4.72 Å². The summed E-state index contributed by atoms with van der Waals surface area (Å²) in [6, 6.07) is 4.75. The monoisotopic (exact) mass is 243 g/mol. The van der Waals surface area contributed by atoms with Crippen LogP contribution in [0, 0.1) is 6.92 Å². The van der Waals surface area contributed by atoms with Crippen molar-refractivity contribution in [1.29, 1.82) is 0 Å². The van der Waals surface area contributed by atoms with Crippen LogP contribution in [0.25, 0.3) is 0 Å². The number of hydrogen-bond donors (Lipinski definition) is 3. The van der Waals surface area contributed by atoms with Crippen molar-refractivity contribution < 1.29 is 13.2 Å². The Bertz CT molecular complexity index is 490. The maximum absolute atomic E-state index is 11.8. The summed E-state index contributed by atoms with van der Waals surface area (Å²) < 4.78 is 25.6. The number of carbonyl (C=O) groups is 1. The lowest BCUT2D eigenvalue weighted by molar-refractivity contribution is -0.116. The van der Waals surface area contributed by atoms with Crippen LogP contribution in [0.4, 0.5) is 5.69 Å². The molecule has 6 nitrogen and oxygen atoms in total. The van der Waals surface area contributed by atoms with Crippen molar-refractivity contribution in [2.24, 2.45) is 5.73 Å². The van der Waals surface area contributed by atoms with Crippen LogP contribution in [0.1, 0.15) is 5.56 Å². The SMILES string of the molecule is Cc1cccc(N)c1S(=O)(=O)NCC(N)=O. The molecule has 0 heterocycles. The summed E-state index contributed by atoms with van der Waals surface area (Å²) in [6.07, 6.45) is 0. The molecule has 0 bridgehead atoms. The molecule has 5 N–H and O–H groups in total. The highest BCUT2D eigenvalue weighted by Gasteiger charge is 2.19. The molecule has 0 aliphatic carbocycles. The third-order valence-corrected chi connectivity index (χ3v) is 3.57. The number of sulfonamides is 1. The van der Waals surface area contributed by atoms with Crippen LogP contribution < -0.4 is 16.2 Å². The van der Waals surface area contributed by atoms with Gasteiger partial charge in [-0.05, 0) is 18.6 Å². The number of rotatable bonds is 4. The predicted octanol–water partition coefficient (Wildman–Crippen LogP) is -0.659. The highest BCUT2D eigenvalue weighted by Crippen LogP contribution is 2.21. The number of benzene rings is 1. The van der Waals surface area contributed by atoms with Crippen LogP contribution in [0.3, 0.4) is 0 Å². The predicted molar refractivity (Wildman–Crippen MR) is 60.0 cm³/mol. The van der Waals surface area contributed by atoms with Crippen molar-refractivity contribution in [3.05, 3.63) is 23.8 Å². The maximum atomic E-state index is 11.8. The molecule has 0 spiro atoms. The second-order valence-corrected chi connectivity index (χ2v) is 4.99. The van der Waals surface area contributed by atoms with E-state index in [0.29, 0.717) is 5.56 Å². The first-order chi connectivity index (χ1) is 7.34. The van der Waals surface area contributed by atoms with Crippen molar-refractivity contribution in [3.8, 4) is 0 Å². The minimum absolute atomic E-state index is 0.0174. The standard InChI is InChI=1S/C9H13N3O3S/c1-6-3-2-4-7(10)9(6)16(14,15)12-5-8(11)13/h2-4,12H,5,10H2,1H3,(H2,11,13). The third kappa shape index (κ3) is 2.71. The molecule has 1 rings (SSSR count). The van der Waals surface area contributed by atoms with Gasteiger partial charge in [-0.15, -0.1) is 0 Å². The molecule has 0 aliphatic heterocycles. The lowest BCUT2D eigenvalue weighted by Crippen LogP contribution is -2.34. The topological polar surface area (TPSA) is 115 Å². The molecular weight excluding hydrogens is 230 g/mol. The quantitative estimate of drug-likeness (QED) is 0.609. The van der Waals surface area contributed by atoms with Gasteiger partial charge in [-0.3, -0.25) is 4.79 Å². The van der Waals surface area contributed by atoms with Gasteiger partial charge in [-0.1, -0.05) is 12.1 Å². The average molecular weight is 243 g/mol. The first-order valence-electron chi connectivity index (χ1n) is 4.47. The number of nitrogens with two attached hydrogens (primary N) is 2. The zero-order valence-corrected chi connectivity index (χ0v) is 9.54. The number of nitrogen functional groups attached to an aromatic ring is 1. The van der Waals surface area contributed by atoms with Crippen LogP contribution in [-0.4, -0.2) is 20.9 Å². The molecule has 7 heteroatoms. The number of nitrogens with one attached hydrogen (secondary N) is 1. The van der Waals surface area contributed by atoms with E-state index in [0.717, 1.165) is 0 Å². The molecule has 0 saturated carbocycles. The van der Waals surface area contributed by atoms with E-state index in [1.165, 1.54) is 6.07 Å². The summed E-state index contributed by atoms with van der Waals surface area (Å²) in [5.41, 5.74) is 11.1. The zero-order chi connectivity index (χ0) is 12.3. The van der Waals surface area contributed by atoms with Gasteiger partial charge < -0.3 is 11.5 Å². The number of amides is 1. The van der Waals surface area contributed by atoms with Crippen molar-refractivity contribution in [2.45, 2.75) is 11.8 Å². The van der Waals surface area contributed by atoms with Crippen LogP contribution in [0.15, 0.2) is 23.1 Å². The highest BCUT2D eigenvalue weighted by atomic mass is 32.2. The average Bonchev–Trinajstić information content (AvgIpc) is 2.14.